The van der Waals surface area contributed by atoms with Crippen LogP contribution in [0.1, 0.15) is 77.5 Å². The number of nitrogens with one attached hydrogen (secondary N) is 6. The smallest absolute Gasteiger partial charge is 0.414 e. The van der Waals surface area contributed by atoms with Gasteiger partial charge in [0.25, 0.3) is 5.56 Å². The number of nitrogens with zero attached hydrogens (tertiary/aromatic N) is 15. The van der Waals surface area contributed by atoms with E-state index in [4.69, 9.17) is 25.7 Å². The molecule has 5 aromatic heterocycles. The monoisotopic (exact) mass is 1800 g/mol. The highest BCUT2D eigenvalue weighted by molar-refractivity contribution is 5.94. The highest BCUT2D eigenvalue weighted by Gasteiger charge is 2.30. The molecule has 11 amide bonds. The maximum atomic E-state index is 13.9. The van der Waals surface area contributed by atoms with Gasteiger partial charge in [-0.3, -0.25) is 77.9 Å². The first-order valence-electron chi connectivity index (χ1n) is 40.9. The first kappa shape index (κ1) is 96.8. The van der Waals surface area contributed by atoms with E-state index in [1.54, 1.807) is 103 Å². The number of aliphatic carboxylic acids is 3. The summed E-state index contributed by atoms with van der Waals surface area (Å²) in [5.41, 5.74) is 14.0. The van der Waals surface area contributed by atoms with Crippen LogP contribution >= 0.6 is 0 Å². The molecule has 131 heavy (non-hydrogen) atoms. The van der Waals surface area contributed by atoms with Gasteiger partial charge in [-0.05, 0) is 84.7 Å². The van der Waals surface area contributed by atoms with Crippen LogP contribution in [0, 0.1) is 36.5 Å². The first-order valence-corrected chi connectivity index (χ1v) is 40.9. The second-order valence-corrected chi connectivity index (χ2v) is 29.5. The number of urea groups is 1. The van der Waals surface area contributed by atoms with Gasteiger partial charge in [0.15, 0.2) is 28.1 Å². The van der Waals surface area contributed by atoms with E-state index in [1.165, 1.54) is 47.2 Å². The van der Waals surface area contributed by atoms with Gasteiger partial charge in [-0.2, -0.15) is 9.97 Å². The molecule has 1 aliphatic rings. The zero-order valence-corrected chi connectivity index (χ0v) is 70.9. The highest BCUT2D eigenvalue weighted by atomic mass is 16.6. The van der Waals surface area contributed by atoms with Crippen LogP contribution in [0.2, 0.25) is 0 Å². The fraction of sp³-hybridized carbons (Fsp3) is 0.337. The molecule has 0 bridgehead atoms. The summed E-state index contributed by atoms with van der Waals surface area (Å²) in [7, 11) is 0. The first-order chi connectivity index (χ1) is 63.0. The third kappa shape index (κ3) is 30.1. The number of carbonyl (C=O) groups excluding carboxylic acids is 10. The van der Waals surface area contributed by atoms with Gasteiger partial charge in [-0.15, -0.1) is 0 Å². The van der Waals surface area contributed by atoms with Crippen LogP contribution in [0.25, 0.3) is 22.3 Å². The van der Waals surface area contributed by atoms with Gasteiger partial charge in [-0.25, -0.2) is 43.9 Å². The van der Waals surface area contributed by atoms with Gasteiger partial charge in [0.2, 0.25) is 47.3 Å². The van der Waals surface area contributed by atoms with Gasteiger partial charge in [0.1, 0.15) is 71.6 Å². The molecule has 9 aromatic rings. The normalized spacial score (nSPS) is 12.2. The Bertz CT molecular complexity index is 5920. The average molecular weight is 1800 g/mol. The molecular formula is C86H95N23O22. The average Bonchev–Trinajstić information content (AvgIpc) is 1.66. The molecule has 0 saturated heterocycles. The van der Waals surface area contributed by atoms with Crippen molar-refractivity contribution in [2.45, 2.75) is 97.6 Å². The van der Waals surface area contributed by atoms with Crippen molar-refractivity contribution < 1.29 is 97.0 Å². The number of amides is 11. The molecule has 4 aromatic carbocycles. The van der Waals surface area contributed by atoms with E-state index < -0.39 is 153 Å². The molecule has 10 rings (SSSR count). The number of hydrogen-bond donors (Lipinski definition) is 12. The summed E-state index contributed by atoms with van der Waals surface area (Å²) in [4.78, 5) is 224. The molecule has 686 valence electrons. The van der Waals surface area contributed by atoms with Gasteiger partial charge in [0.05, 0.1) is 32.3 Å². The molecule has 2 unspecified atom stereocenters. The van der Waals surface area contributed by atoms with Crippen molar-refractivity contribution in [1.29, 1.82) is 0 Å². The summed E-state index contributed by atoms with van der Waals surface area (Å²) >= 11 is 0. The minimum Gasteiger partial charge on any atom is -0.492 e. The molecule has 45 heteroatoms. The summed E-state index contributed by atoms with van der Waals surface area (Å²) in [6.07, 6.45) is 6.22. The van der Waals surface area contributed by atoms with Crippen LogP contribution in [0.3, 0.4) is 0 Å². The molecule has 2 atom stereocenters. The number of nitrogens with two attached hydrogens (primary N) is 2. The number of anilines is 2. The number of hydrogen-bond acceptors (Lipinski definition) is 27. The Morgan fingerprint density at radius 3 is 1.62 bits per heavy atom. The fourth-order valence-corrected chi connectivity index (χ4v) is 13.1. The van der Waals surface area contributed by atoms with Crippen molar-refractivity contribution in [1.82, 2.24) is 93.9 Å². The molecule has 0 aliphatic carbocycles. The number of alkyl carbamates (subject to hydrolysis) is 1. The lowest BCUT2D eigenvalue weighted by molar-refractivity contribution is -0.144. The van der Waals surface area contributed by atoms with E-state index in [2.05, 4.69) is 85.5 Å². The Balaban J connectivity index is 0.645. The molecular weight excluding hydrogens is 1710 g/mol. The van der Waals surface area contributed by atoms with Crippen molar-refractivity contribution in [3.63, 3.8) is 0 Å². The fourth-order valence-electron chi connectivity index (χ4n) is 13.1. The molecule has 14 N–H and O–H groups in total. The number of carbonyl (C=O) groups is 13. The predicted octanol–water partition coefficient (Wildman–Crippen LogP) is 1.42. The lowest BCUT2D eigenvalue weighted by Gasteiger charge is -2.29. The minimum atomic E-state index is -1.40. The van der Waals surface area contributed by atoms with Crippen molar-refractivity contribution in [2.24, 2.45) is 17.4 Å². The standard InChI is InChI=1S/C86H95N23O22/c1-56-40-106(45-68(113)103(48-72(118)119)38-33-89-66(111)43-102(37-32-88)69(114)47-108-55-94-75-78(108)98-81(99-79(75)122)100-85(127)131-51-62-16-6-3-7-17-62)86(128)109(80(56)123)41-60-26-22-58(23-27-60)13-9-8-12-57(20-11-21-71(116)117)18-10-19-59-24-28-63(29-25-59)52-130-84(126)97-76-74-77(92-53-91-76)107(54-93-74)46-70(115)104(49-73(120)121)39-34-90-65(110)42-101(36-31-87)67(112)44-105-35-30-64(95-82(105)124)96-83(125)129-50-61-14-4-2-5-15-61/h2-7,14-17,22-30,35,40,53-55,57,64H,8,11-12,18,20-21,31-34,36-39,41-52,87-88H2,1H3,(H,89,111)(H,90,110)(H,95,124)(H,96,125)(H,116,117)(H,118,119)(H,120,121)(H,91,92,97,126)(H2,98,99,100,122,127). The lowest BCUT2D eigenvalue weighted by Crippen LogP contribution is -2.55. The van der Waals surface area contributed by atoms with Gasteiger partial charge >= 0.3 is 47.9 Å². The quantitative estimate of drug-likeness (QED) is 0.0190. The molecule has 6 heterocycles. The molecule has 0 radical (unpaired) electrons. The minimum absolute atomic E-state index is 0.00570. The number of aromatic hydroxyl groups is 1. The molecule has 1 aliphatic heterocycles. The molecule has 0 fully saturated rings. The second kappa shape index (κ2) is 48.3. The summed E-state index contributed by atoms with van der Waals surface area (Å²) < 4.78 is 20.3. The summed E-state index contributed by atoms with van der Waals surface area (Å²) in [6, 6.07) is 30.7. The number of carboxylic acids is 3. The maximum Gasteiger partial charge on any atom is 0.414 e. The van der Waals surface area contributed by atoms with E-state index in [9.17, 15) is 92.3 Å². The third-order valence-corrected chi connectivity index (χ3v) is 19.7. The van der Waals surface area contributed by atoms with Crippen LogP contribution in [0.15, 0.2) is 156 Å². The third-order valence-electron chi connectivity index (χ3n) is 19.7. The highest BCUT2D eigenvalue weighted by Crippen LogP contribution is 2.24. The van der Waals surface area contributed by atoms with E-state index >= 15 is 0 Å². The number of rotatable bonds is 44. The maximum absolute atomic E-state index is 13.9. The number of aryl methyl sites for hydroxylation is 1. The van der Waals surface area contributed by atoms with Gasteiger partial charge in [0, 0.05) is 101 Å². The molecule has 0 saturated carbocycles. The molecule has 45 nitrogen and oxygen atoms in total. The Labute approximate surface area is 746 Å². The summed E-state index contributed by atoms with van der Waals surface area (Å²) in [5, 5.41) is 54.5. The summed E-state index contributed by atoms with van der Waals surface area (Å²) in [5.74, 6) is 3.61. The van der Waals surface area contributed by atoms with Gasteiger partial charge < -0.3 is 90.8 Å². The predicted molar refractivity (Wildman–Crippen MR) is 464 cm³/mol. The van der Waals surface area contributed by atoms with Crippen LogP contribution in [0.5, 0.6) is 5.88 Å². The van der Waals surface area contributed by atoms with E-state index in [0.29, 0.717) is 59.9 Å². The van der Waals surface area contributed by atoms with Crippen molar-refractivity contribution in [3.8, 4) is 29.6 Å². The van der Waals surface area contributed by atoms with Gasteiger partial charge in [-0.1, -0.05) is 109 Å². The van der Waals surface area contributed by atoms with E-state index in [1.807, 2.05) is 6.07 Å². The number of ether oxygens (including phenoxy) is 3. The topological polar surface area (TPSA) is 602 Å². The van der Waals surface area contributed by atoms with Crippen LogP contribution in [-0.4, -0.2) is 262 Å². The summed E-state index contributed by atoms with van der Waals surface area (Å²) in [6.45, 7) is -5.22. The number of imidazole rings is 2. The Morgan fingerprint density at radius 2 is 1.06 bits per heavy atom. The number of benzene rings is 4. The van der Waals surface area contributed by atoms with Crippen LogP contribution in [0.4, 0.5) is 30.9 Å². The van der Waals surface area contributed by atoms with E-state index in [0.717, 1.165) is 45.5 Å². The second-order valence-electron chi connectivity index (χ2n) is 29.5. The zero-order chi connectivity index (χ0) is 93.9. The SMILES string of the molecule is Cc1cn(CC(=O)N(CCNC(=O)CN(CCN)C(=O)Cn2cnc3c(O)nc(NC(=O)OCc4ccccc4)nc32)CC(=O)O)c(=O)n(Cc2ccc(C#CCCC(CC#Cc3ccc(COC(=O)Nc4ncnc5c4ncn5CC(=O)N(CCNC(=O)CN(CCN)C(=O)CN4C=CC(NC(=O)OCc5ccccc5)NC4=O)CC(=O)O)cc3)CCCC(=O)O)cc2)c1=O. The largest absolute Gasteiger partial charge is 0.492 e. The Kier molecular flexibility index (Phi) is 35.7. The van der Waals surface area contributed by atoms with Crippen molar-refractivity contribution >= 4 is 112 Å². The number of aromatic nitrogens is 10. The van der Waals surface area contributed by atoms with Crippen LogP contribution < -0.4 is 54.6 Å². The number of carboxylic acid groups (broad SMARTS) is 3. The number of fused-ring (bicyclic) bond motifs is 2. The molecule has 0 spiro atoms. The lowest BCUT2D eigenvalue weighted by atomic mass is 9.93. The van der Waals surface area contributed by atoms with Crippen molar-refractivity contribution in [3.05, 3.63) is 206 Å². The Morgan fingerprint density at radius 1 is 0.550 bits per heavy atom. The Hall–Kier alpha value is -16.4. The van der Waals surface area contributed by atoms with Crippen molar-refractivity contribution in [2.75, 3.05) is 95.7 Å². The van der Waals surface area contributed by atoms with E-state index in [-0.39, 0.29) is 131 Å². The van der Waals surface area contributed by atoms with Crippen LogP contribution in [-0.2, 0) is 103 Å². The zero-order valence-electron chi connectivity index (χ0n) is 70.9.